The Morgan fingerprint density at radius 3 is 2.28 bits per heavy atom. The first kappa shape index (κ1) is 22.8. The lowest BCUT2D eigenvalue weighted by molar-refractivity contribution is -0.144. The fourth-order valence-corrected chi connectivity index (χ4v) is 4.40. The summed E-state index contributed by atoms with van der Waals surface area (Å²) < 4.78 is 67.7. The number of halogens is 4. The number of nitrogens with zero attached hydrogens (tertiary/aromatic N) is 2. The van der Waals surface area contributed by atoms with Crippen LogP contribution in [0.4, 0.5) is 17.6 Å². The summed E-state index contributed by atoms with van der Waals surface area (Å²) in [6, 6.07) is 6.10. The first-order chi connectivity index (χ1) is 15.2. The molecule has 3 heterocycles. The smallest absolute Gasteiger partial charge is 0.376 e. The minimum atomic E-state index is -4.67. The molecule has 0 N–H and O–H groups in total. The molecule has 174 valence electrons. The van der Waals surface area contributed by atoms with E-state index in [-0.39, 0.29) is 30.5 Å². The predicted molar refractivity (Wildman–Crippen MR) is 110 cm³/mol. The molecule has 2 atom stereocenters. The second kappa shape index (κ2) is 9.23. The zero-order valence-corrected chi connectivity index (χ0v) is 17.8. The third-order valence-corrected chi connectivity index (χ3v) is 6.00. The van der Waals surface area contributed by atoms with Crippen molar-refractivity contribution < 1.29 is 31.8 Å². The van der Waals surface area contributed by atoms with Crippen LogP contribution >= 0.6 is 0 Å². The number of amides is 1. The van der Waals surface area contributed by atoms with E-state index in [1.54, 1.807) is 7.05 Å². The summed E-state index contributed by atoms with van der Waals surface area (Å²) in [5, 5.41) is 0. The molecule has 1 aromatic heterocycles. The van der Waals surface area contributed by atoms with Gasteiger partial charge in [-0.1, -0.05) is 12.1 Å². The number of rotatable bonds is 6. The second-order valence-corrected chi connectivity index (χ2v) is 8.36. The Balaban J connectivity index is 1.79. The Bertz CT molecular complexity index is 943. The van der Waals surface area contributed by atoms with Crippen LogP contribution in [0, 0.1) is 5.82 Å². The van der Waals surface area contributed by atoms with Gasteiger partial charge in [0.2, 0.25) is 0 Å². The maximum absolute atomic E-state index is 14.0. The molecule has 0 spiro atoms. The molecular formula is C23H26F4N2O3. The minimum absolute atomic E-state index is 0.0695. The molecule has 0 radical (unpaired) electrons. The Hall–Kier alpha value is -2.39. The van der Waals surface area contributed by atoms with Crippen molar-refractivity contribution in [3.05, 3.63) is 47.5 Å². The van der Waals surface area contributed by atoms with Crippen LogP contribution in [0.1, 0.15) is 41.9 Å². The normalized spacial score (nSPS) is 21.3. The second-order valence-electron chi connectivity index (χ2n) is 8.36. The number of likely N-dealkylation sites (N-methyl/N-ethyl adjacent to an activating group) is 1. The van der Waals surface area contributed by atoms with Gasteiger partial charge in [0.25, 0.3) is 5.91 Å². The van der Waals surface area contributed by atoms with E-state index < -0.39 is 29.7 Å². The van der Waals surface area contributed by atoms with Crippen molar-refractivity contribution in [1.29, 1.82) is 0 Å². The molecule has 2 unspecified atom stereocenters. The van der Waals surface area contributed by atoms with Crippen LogP contribution in [0.3, 0.4) is 0 Å². The number of hydrogen-bond acceptors (Lipinski definition) is 3. The number of hydrogen-bond donors (Lipinski definition) is 0. The fraction of sp³-hybridized carbons (Fsp3) is 0.522. The van der Waals surface area contributed by atoms with Gasteiger partial charge in [-0.05, 0) is 49.4 Å². The zero-order chi connectivity index (χ0) is 22.9. The van der Waals surface area contributed by atoms with Crippen molar-refractivity contribution in [2.24, 2.45) is 0 Å². The van der Waals surface area contributed by atoms with Crippen LogP contribution in [0.5, 0.6) is 0 Å². The largest absolute Gasteiger partial charge is 0.431 e. The average molecular weight is 454 g/mol. The third-order valence-electron chi connectivity index (χ3n) is 6.00. The van der Waals surface area contributed by atoms with Gasteiger partial charge in [-0.25, -0.2) is 4.39 Å². The van der Waals surface area contributed by atoms with Gasteiger partial charge in [0, 0.05) is 38.9 Å². The monoisotopic (exact) mass is 454 g/mol. The molecule has 5 nitrogen and oxygen atoms in total. The summed E-state index contributed by atoms with van der Waals surface area (Å²) in [5.74, 6) is -1.04. The number of ether oxygens (including phenoxy) is 2. The highest BCUT2D eigenvalue weighted by Gasteiger charge is 2.40. The van der Waals surface area contributed by atoms with Crippen molar-refractivity contribution in [3.8, 4) is 11.1 Å². The lowest BCUT2D eigenvalue weighted by Crippen LogP contribution is -2.36. The molecule has 2 aliphatic heterocycles. The molecule has 0 saturated carbocycles. The molecule has 0 bridgehead atoms. The van der Waals surface area contributed by atoms with E-state index in [0.717, 1.165) is 29.9 Å². The lowest BCUT2D eigenvalue weighted by Gasteiger charge is -2.24. The number of aromatic nitrogens is 1. The molecule has 9 heteroatoms. The van der Waals surface area contributed by atoms with Gasteiger partial charge in [-0.2, -0.15) is 13.2 Å². The van der Waals surface area contributed by atoms with E-state index in [0.29, 0.717) is 25.2 Å². The van der Waals surface area contributed by atoms with Crippen molar-refractivity contribution in [2.75, 3.05) is 26.8 Å². The molecule has 0 aliphatic carbocycles. The summed E-state index contributed by atoms with van der Waals surface area (Å²) in [7, 11) is 1.56. The van der Waals surface area contributed by atoms with Crippen molar-refractivity contribution in [2.45, 2.75) is 50.6 Å². The van der Waals surface area contributed by atoms with Crippen molar-refractivity contribution in [3.63, 3.8) is 0 Å². The molecule has 1 aromatic carbocycles. The Labute approximate surface area is 183 Å². The summed E-state index contributed by atoms with van der Waals surface area (Å²) >= 11 is 0. The van der Waals surface area contributed by atoms with Crippen LogP contribution in [-0.4, -0.2) is 54.4 Å². The fourth-order valence-electron chi connectivity index (χ4n) is 4.40. The first-order valence-electron chi connectivity index (χ1n) is 10.8. The van der Waals surface area contributed by atoms with E-state index in [9.17, 15) is 22.4 Å². The molecule has 2 aliphatic rings. The van der Waals surface area contributed by atoms with Crippen LogP contribution in [0.2, 0.25) is 0 Å². The highest BCUT2D eigenvalue weighted by Crippen LogP contribution is 2.38. The zero-order valence-electron chi connectivity index (χ0n) is 17.8. The van der Waals surface area contributed by atoms with Crippen molar-refractivity contribution in [1.82, 2.24) is 9.47 Å². The number of benzene rings is 1. The average Bonchev–Trinajstić information content (AvgIpc) is 3.49. The van der Waals surface area contributed by atoms with Gasteiger partial charge >= 0.3 is 6.18 Å². The van der Waals surface area contributed by atoms with E-state index in [2.05, 4.69) is 0 Å². The number of carbonyl (C=O) groups is 1. The summed E-state index contributed by atoms with van der Waals surface area (Å²) in [6.07, 6.45) is -2.13. The lowest BCUT2D eigenvalue weighted by atomic mass is 10.0. The SMILES string of the molecule is CN(CC1CCCO1)C(=O)c1c(-c2ccc(F)cc2)cc(C(F)(F)F)n1CC1CCCO1. The minimum Gasteiger partial charge on any atom is -0.376 e. The van der Waals surface area contributed by atoms with E-state index >= 15 is 0 Å². The highest BCUT2D eigenvalue weighted by atomic mass is 19.4. The van der Waals surface area contributed by atoms with Gasteiger partial charge in [0.15, 0.2) is 0 Å². The Morgan fingerprint density at radius 1 is 1.09 bits per heavy atom. The molecule has 4 rings (SSSR count). The van der Waals surface area contributed by atoms with Crippen LogP contribution < -0.4 is 0 Å². The quantitative estimate of drug-likeness (QED) is 0.592. The van der Waals surface area contributed by atoms with Gasteiger partial charge < -0.3 is 18.9 Å². The molecular weight excluding hydrogens is 428 g/mol. The van der Waals surface area contributed by atoms with Gasteiger partial charge in [-0.3, -0.25) is 4.79 Å². The predicted octanol–water partition coefficient (Wildman–Crippen LogP) is 4.74. The van der Waals surface area contributed by atoms with E-state index in [4.69, 9.17) is 9.47 Å². The molecule has 32 heavy (non-hydrogen) atoms. The van der Waals surface area contributed by atoms with Crippen LogP contribution in [0.25, 0.3) is 11.1 Å². The van der Waals surface area contributed by atoms with Gasteiger partial charge in [-0.15, -0.1) is 0 Å². The molecule has 2 saturated heterocycles. The molecule has 2 fully saturated rings. The van der Waals surface area contributed by atoms with Gasteiger partial charge in [0.05, 0.1) is 12.2 Å². The first-order valence-corrected chi connectivity index (χ1v) is 10.8. The van der Waals surface area contributed by atoms with E-state index in [1.165, 1.54) is 29.2 Å². The van der Waals surface area contributed by atoms with Crippen LogP contribution in [-0.2, 0) is 22.2 Å². The number of carbonyl (C=O) groups excluding carboxylic acids is 1. The standard InChI is InChI=1S/C23H26F4N2O3/c1-28(13-17-4-2-10-31-17)22(30)21-19(15-6-8-16(24)9-7-15)12-20(23(25,26)27)29(21)14-18-5-3-11-32-18/h6-9,12,17-18H,2-5,10-11,13-14H2,1H3. The molecule has 1 amide bonds. The third kappa shape index (κ3) is 4.83. The Morgan fingerprint density at radius 2 is 1.72 bits per heavy atom. The maximum Gasteiger partial charge on any atom is 0.431 e. The summed E-state index contributed by atoms with van der Waals surface area (Å²) in [6.45, 7) is 1.31. The Kier molecular flexibility index (Phi) is 6.57. The maximum atomic E-state index is 14.0. The van der Waals surface area contributed by atoms with E-state index in [1.807, 2.05) is 0 Å². The summed E-state index contributed by atoms with van der Waals surface area (Å²) in [4.78, 5) is 14.9. The van der Waals surface area contributed by atoms with Crippen LogP contribution in [0.15, 0.2) is 30.3 Å². The highest BCUT2D eigenvalue weighted by molar-refractivity contribution is 6.00. The molecule has 2 aromatic rings. The topological polar surface area (TPSA) is 43.7 Å². The van der Waals surface area contributed by atoms with Crippen molar-refractivity contribution >= 4 is 5.91 Å². The van der Waals surface area contributed by atoms with Gasteiger partial charge in [0.1, 0.15) is 17.2 Å². The number of alkyl halides is 3. The summed E-state index contributed by atoms with van der Waals surface area (Å²) in [5.41, 5.74) is -0.516.